The second kappa shape index (κ2) is 10.4. The predicted molar refractivity (Wildman–Crippen MR) is 105 cm³/mol. The fourth-order valence-corrected chi connectivity index (χ4v) is 2.92. The van der Waals surface area contributed by atoms with Crippen LogP contribution in [0.25, 0.3) is 0 Å². The summed E-state index contributed by atoms with van der Waals surface area (Å²) in [5.74, 6) is -3.67. The van der Waals surface area contributed by atoms with E-state index in [4.69, 9.17) is 4.74 Å². The number of hydrogen-bond donors (Lipinski definition) is 4. The molecule has 0 spiro atoms. The van der Waals surface area contributed by atoms with Gasteiger partial charge >= 0.3 is 11.9 Å². The van der Waals surface area contributed by atoms with Gasteiger partial charge in [0.15, 0.2) is 5.78 Å². The summed E-state index contributed by atoms with van der Waals surface area (Å²) in [5.41, 5.74) is -2.19. The summed E-state index contributed by atoms with van der Waals surface area (Å²) < 4.78 is 4.95. The van der Waals surface area contributed by atoms with E-state index < -0.39 is 41.4 Å². The lowest BCUT2D eigenvalue weighted by Gasteiger charge is -2.29. The van der Waals surface area contributed by atoms with Gasteiger partial charge in [-0.2, -0.15) is 0 Å². The highest BCUT2D eigenvalue weighted by Gasteiger charge is 2.43. The van der Waals surface area contributed by atoms with Crippen molar-refractivity contribution in [2.75, 3.05) is 0 Å². The van der Waals surface area contributed by atoms with E-state index in [0.717, 1.165) is 6.08 Å². The standard InChI is InChI=1S/C21H30O8/c1-5-13(3)18(24)21(28,20(26)27)10-6-7-12(2)8-9-15(22)17-16(23)11-14(4)29-19(17)25/h6,10,13-14,18,22,24,28H,2,5,7-9,11H2,1,3-4H3,(H,26,27)/b10-6+,17-15+/t13-,14-,18+,21-/m0/s1. The monoisotopic (exact) mass is 410 g/mol. The van der Waals surface area contributed by atoms with Crippen molar-refractivity contribution in [1.29, 1.82) is 0 Å². The Balaban J connectivity index is 2.73. The van der Waals surface area contributed by atoms with E-state index in [9.17, 15) is 34.8 Å². The topological polar surface area (TPSA) is 141 Å². The maximum atomic E-state index is 11.9. The van der Waals surface area contributed by atoms with Gasteiger partial charge in [0.05, 0.1) is 6.10 Å². The lowest BCUT2D eigenvalue weighted by Crippen LogP contribution is -2.50. The third-order valence-corrected chi connectivity index (χ3v) is 5.02. The molecule has 1 saturated heterocycles. The summed E-state index contributed by atoms with van der Waals surface area (Å²) >= 11 is 0. The molecular weight excluding hydrogens is 380 g/mol. The number of hydrogen-bond acceptors (Lipinski definition) is 7. The Morgan fingerprint density at radius 2 is 1.97 bits per heavy atom. The number of Topliss-reactive ketones (excluding diaryl/α,β-unsaturated/α-hetero) is 1. The van der Waals surface area contributed by atoms with Crippen molar-refractivity contribution in [2.45, 2.75) is 70.7 Å². The van der Waals surface area contributed by atoms with Gasteiger partial charge in [0.2, 0.25) is 5.60 Å². The van der Waals surface area contributed by atoms with Crippen molar-refractivity contribution in [3.05, 3.63) is 35.6 Å². The number of ketones is 1. The van der Waals surface area contributed by atoms with Gasteiger partial charge in [-0.05, 0) is 31.8 Å². The predicted octanol–water partition coefficient (Wildman–Crippen LogP) is 2.21. The summed E-state index contributed by atoms with van der Waals surface area (Å²) in [7, 11) is 0. The van der Waals surface area contributed by atoms with Crippen LogP contribution in [-0.4, -0.2) is 56.0 Å². The first-order valence-corrected chi connectivity index (χ1v) is 9.58. The normalized spacial score (nSPS) is 23.3. The molecule has 0 aliphatic carbocycles. The van der Waals surface area contributed by atoms with Crippen LogP contribution in [0.2, 0.25) is 0 Å². The molecule has 0 unspecified atom stereocenters. The van der Waals surface area contributed by atoms with Crippen LogP contribution < -0.4 is 0 Å². The van der Waals surface area contributed by atoms with Gasteiger partial charge in [-0.15, -0.1) is 0 Å². The minimum absolute atomic E-state index is 0.00405. The Labute approximate surface area is 170 Å². The van der Waals surface area contributed by atoms with Crippen molar-refractivity contribution in [3.63, 3.8) is 0 Å². The number of esters is 1. The number of rotatable bonds is 10. The van der Waals surface area contributed by atoms with Crippen LogP contribution in [0.3, 0.4) is 0 Å². The zero-order chi connectivity index (χ0) is 22.4. The smallest absolute Gasteiger partial charge is 0.345 e. The molecule has 0 amide bonds. The molecule has 0 aromatic heterocycles. The number of carboxylic acid groups (broad SMARTS) is 1. The number of cyclic esters (lactones) is 1. The Kier molecular flexibility index (Phi) is 8.79. The van der Waals surface area contributed by atoms with Crippen LogP contribution in [0.5, 0.6) is 0 Å². The number of allylic oxidation sites excluding steroid dienone is 3. The number of ether oxygens (including phenoxy) is 1. The Morgan fingerprint density at radius 3 is 2.48 bits per heavy atom. The fraction of sp³-hybridized carbons (Fsp3) is 0.571. The molecule has 0 radical (unpaired) electrons. The van der Waals surface area contributed by atoms with Crippen molar-refractivity contribution in [1.82, 2.24) is 0 Å². The average molecular weight is 410 g/mol. The van der Waals surface area contributed by atoms with E-state index in [1.54, 1.807) is 20.8 Å². The van der Waals surface area contributed by atoms with Crippen LogP contribution >= 0.6 is 0 Å². The second-order valence-corrected chi connectivity index (χ2v) is 7.48. The van der Waals surface area contributed by atoms with E-state index in [1.807, 2.05) is 0 Å². The van der Waals surface area contributed by atoms with Crippen LogP contribution in [0.15, 0.2) is 35.6 Å². The van der Waals surface area contributed by atoms with Gasteiger partial charge < -0.3 is 25.2 Å². The number of carbonyl (C=O) groups is 3. The zero-order valence-electron chi connectivity index (χ0n) is 17.1. The first-order valence-electron chi connectivity index (χ1n) is 9.58. The van der Waals surface area contributed by atoms with Gasteiger partial charge in [0, 0.05) is 12.8 Å². The molecule has 162 valence electrons. The van der Waals surface area contributed by atoms with Crippen molar-refractivity contribution >= 4 is 17.7 Å². The van der Waals surface area contributed by atoms with Crippen LogP contribution in [0.1, 0.15) is 52.9 Å². The highest BCUT2D eigenvalue weighted by molar-refractivity contribution is 6.19. The summed E-state index contributed by atoms with van der Waals surface area (Å²) in [6.45, 7) is 8.81. The van der Waals surface area contributed by atoms with E-state index >= 15 is 0 Å². The summed E-state index contributed by atoms with van der Waals surface area (Å²) in [5, 5.41) is 39.9. The third kappa shape index (κ3) is 6.27. The minimum atomic E-state index is -2.42. The van der Waals surface area contributed by atoms with Crippen LogP contribution in [0, 0.1) is 5.92 Å². The average Bonchev–Trinajstić information content (AvgIpc) is 2.63. The summed E-state index contributed by atoms with van der Waals surface area (Å²) in [4.78, 5) is 35.2. The number of aliphatic hydroxyl groups is 3. The zero-order valence-corrected chi connectivity index (χ0v) is 17.1. The molecule has 8 nitrogen and oxygen atoms in total. The van der Waals surface area contributed by atoms with Gasteiger partial charge in [-0.25, -0.2) is 9.59 Å². The number of carboxylic acids is 1. The van der Waals surface area contributed by atoms with Crippen LogP contribution in [-0.2, 0) is 19.1 Å². The maximum absolute atomic E-state index is 11.9. The van der Waals surface area contributed by atoms with Crippen molar-refractivity contribution in [2.24, 2.45) is 5.92 Å². The molecule has 0 aromatic carbocycles. The molecular formula is C21H30O8. The van der Waals surface area contributed by atoms with Gasteiger partial charge in [0.25, 0.3) is 0 Å². The second-order valence-electron chi connectivity index (χ2n) is 7.48. The SMILES string of the molecule is C=C(C/C=C/[C@@](O)(C(=O)O)[C@H](O)[C@@H](C)CC)CC/C(O)=C1/C(=O)C[C@H](C)OC1=O. The van der Waals surface area contributed by atoms with Crippen molar-refractivity contribution in [3.8, 4) is 0 Å². The van der Waals surface area contributed by atoms with Crippen molar-refractivity contribution < 1.29 is 39.5 Å². The Hall–Kier alpha value is -2.45. The molecule has 0 aromatic rings. The molecule has 1 aliphatic heterocycles. The van der Waals surface area contributed by atoms with Gasteiger partial charge in [0.1, 0.15) is 17.4 Å². The molecule has 0 bridgehead atoms. The number of carbonyl (C=O) groups excluding carboxylic acids is 2. The highest BCUT2D eigenvalue weighted by Crippen LogP contribution is 2.25. The fourth-order valence-electron chi connectivity index (χ4n) is 2.92. The molecule has 0 saturated carbocycles. The summed E-state index contributed by atoms with van der Waals surface area (Å²) in [6.07, 6.45) is 1.32. The first-order chi connectivity index (χ1) is 13.4. The van der Waals surface area contributed by atoms with E-state index in [0.29, 0.717) is 12.0 Å². The van der Waals surface area contributed by atoms with E-state index in [1.165, 1.54) is 6.08 Å². The molecule has 8 heteroatoms. The third-order valence-electron chi connectivity index (χ3n) is 5.02. The highest BCUT2D eigenvalue weighted by atomic mass is 16.5. The first kappa shape index (κ1) is 24.6. The quantitative estimate of drug-likeness (QED) is 0.141. The molecule has 29 heavy (non-hydrogen) atoms. The van der Waals surface area contributed by atoms with E-state index in [-0.39, 0.29) is 37.0 Å². The molecule has 4 N–H and O–H groups in total. The van der Waals surface area contributed by atoms with Crippen LogP contribution in [0.4, 0.5) is 0 Å². The maximum Gasteiger partial charge on any atom is 0.345 e. The Bertz CT molecular complexity index is 700. The Morgan fingerprint density at radius 1 is 1.34 bits per heavy atom. The number of aliphatic hydroxyl groups excluding tert-OH is 2. The molecule has 1 rings (SSSR count). The van der Waals surface area contributed by atoms with Gasteiger partial charge in [-0.3, -0.25) is 4.79 Å². The van der Waals surface area contributed by atoms with Gasteiger partial charge in [-0.1, -0.05) is 38.5 Å². The lowest BCUT2D eigenvalue weighted by molar-refractivity contribution is -0.167. The summed E-state index contributed by atoms with van der Waals surface area (Å²) in [6, 6.07) is 0. The molecule has 1 aliphatic rings. The minimum Gasteiger partial charge on any atom is -0.511 e. The molecule has 1 heterocycles. The lowest BCUT2D eigenvalue weighted by atomic mass is 9.85. The largest absolute Gasteiger partial charge is 0.511 e. The van der Waals surface area contributed by atoms with E-state index in [2.05, 4.69) is 6.58 Å². The molecule has 4 atom stereocenters. The molecule has 1 fully saturated rings. The number of aliphatic carboxylic acids is 1.